The van der Waals surface area contributed by atoms with Gasteiger partial charge in [-0.2, -0.15) is 4.98 Å². The van der Waals surface area contributed by atoms with Crippen molar-refractivity contribution in [2.75, 3.05) is 7.11 Å². The van der Waals surface area contributed by atoms with Crippen molar-refractivity contribution in [1.29, 1.82) is 0 Å². The number of nitrogens with zero attached hydrogens (tertiary/aromatic N) is 2. The molecule has 0 fully saturated rings. The summed E-state index contributed by atoms with van der Waals surface area (Å²) in [5, 5.41) is 8.12. The Morgan fingerprint density at radius 2 is 1.92 bits per heavy atom. The summed E-state index contributed by atoms with van der Waals surface area (Å²) in [6.45, 7) is 2.55. The van der Waals surface area contributed by atoms with Crippen molar-refractivity contribution in [3.8, 4) is 17.1 Å². The van der Waals surface area contributed by atoms with Gasteiger partial charge in [-0.25, -0.2) is 0 Å². The lowest BCUT2D eigenvalue weighted by Crippen LogP contribution is -2.18. The van der Waals surface area contributed by atoms with Crippen LogP contribution in [0.2, 0.25) is 5.02 Å². The van der Waals surface area contributed by atoms with E-state index in [4.69, 9.17) is 20.9 Å². The highest BCUT2D eigenvalue weighted by Gasteiger charge is 2.13. The molecule has 1 heterocycles. The van der Waals surface area contributed by atoms with Gasteiger partial charge in [0.25, 0.3) is 0 Å². The van der Waals surface area contributed by atoms with Gasteiger partial charge < -0.3 is 14.6 Å². The van der Waals surface area contributed by atoms with Gasteiger partial charge in [0.2, 0.25) is 11.7 Å². The molecule has 0 radical (unpaired) electrons. The largest absolute Gasteiger partial charge is 0.496 e. The van der Waals surface area contributed by atoms with E-state index in [1.165, 1.54) is 0 Å². The van der Waals surface area contributed by atoms with E-state index in [2.05, 4.69) is 22.4 Å². The third-order valence-electron chi connectivity index (χ3n) is 3.75. The van der Waals surface area contributed by atoms with Crippen LogP contribution < -0.4 is 10.1 Å². The van der Waals surface area contributed by atoms with Crippen molar-refractivity contribution in [3.05, 3.63) is 65.0 Å². The summed E-state index contributed by atoms with van der Waals surface area (Å²) in [5.74, 6) is 1.76. The van der Waals surface area contributed by atoms with E-state index in [1.807, 2.05) is 48.5 Å². The first-order valence-corrected chi connectivity index (χ1v) is 8.00. The van der Waals surface area contributed by atoms with Crippen molar-refractivity contribution in [1.82, 2.24) is 15.5 Å². The van der Waals surface area contributed by atoms with Crippen LogP contribution >= 0.6 is 11.6 Å². The minimum absolute atomic E-state index is 0.142. The SMILES string of the molecule is COc1ccccc1-c1noc(CNC(C)c2ccc(Cl)cc2)n1. The third-order valence-corrected chi connectivity index (χ3v) is 4.00. The fourth-order valence-corrected chi connectivity index (χ4v) is 2.50. The van der Waals surface area contributed by atoms with Gasteiger partial charge in [0.15, 0.2) is 0 Å². The van der Waals surface area contributed by atoms with E-state index < -0.39 is 0 Å². The smallest absolute Gasteiger partial charge is 0.240 e. The molecule has 1 atom stereocenters. The van der Waals surface area contributed by atoms with E-state index in [-0.39, 0.29) is 6.04 Å². The van der Waals surface area contributed by atoms with Gasteiger partial charge in [-0.1, -0.05) is 41.0 Å². The normalized spacial score (nSPS) is 12.1. The molecule has 1 aromatic heterocycles. The van der Waals surface area contributed by atoms with Crippen molar-refractivity contribution in [3.63, 3.8) is 0 Å². The van der Waals surface area contributed by atoms with Crippen LogP contribution in [-0.4, -0.2) is 17.3 Å². The molecule has 6 heteroatoms. The number of nitrogens with one attached hydrogen (secondary N) is 1. The van der Waals surface area contributed by atoms with E-state index >= 15 is 0 Å². The van der Waals surface area contributed by atoms with Crippen LogP contribution in [0.1, 0.15) is 24.4 Å². The molecule has 0 amide bonds. The number of para-hydroxylation sites is 1. The highest BCUT2D eigenvalue weighted by molar-refractivity contribution is 6.30. The zero-order chi connectivity index (χ0) is 16.9. The molecule has 3 rings (SSSR count). The van der Waals surface area contributed by atoms with Crippen LogP contribution in [0.3, 0.4) is 0 Å². The fourth-order valence-electron chi connectivity index (χ4n) is 2.38. The van der Waals surface area contributed by atoms with Gasteiger partial charge in [0.05, 0.1) is 19.2 Å². The lowest BCUT2D eigenvalue weighted by atomic mass is 10.1. The molecule has 1 unspecified atom stereocenters. The van der Waals surface area contributed by atoms with E-state index in [0.29, 0.717) is 24.0 Å². The van der Waals surface area contributed by atoms with Crippen molar-refractivity contribution in [2.24, 2.45) is 0 Å². The predicted molar refractivity (Wildman–Crippen MR) is 93.0 cm³/mol. The lowest BCUT2D eigenvalue weighted by Gasteiger charge is -2.12. The van der Waals surface area contributed by atoms with Crippen LogP contribution in [0.4, 0.5) is 0 Å². The molecule has 0 spiro atoms. The van der Waals surface area contributed by atoms with E-state index in [0.717, 1.165) is 16.1 Å². The Kier molecular flexibility index (Phi) is 5.13. The number of halogens is 1. The van der Waals surface area contributed by atoms with Crippen LogP contribution in [-0.2, 0) is 6.54 Å². The summed E-state index contributed by atoms with van der Waals surface area (Å²) in [7, 11) is 1.62. The summed E-state index contributed by atoms with van der Waals surface area (Å²) in [6.07, 6.45) is 0. The van der Waals surface area contributed by atoms with Gasteiger partial charge >= 0.3 is 0 Å². The second kappa shape index (κ2) is 7.47. The average molecular weight is 344 g/mol. The van der Waals surface area contributed by atoms with Crippen molar-refractivity contribution in [2.45, 2.75) is 19.5 Å². The van der Waals surface area contributed by atoms with Crippen LogP contribution in [0, 0.1) is 0 Å². The average Bonchev–Trinajstić information content (AvgIpc) is 3.09. The maximum absolute atomic E-state index is 5.91. The fraction of sp³-hybridized carbons (Fsp3) is 0.222. The first-order valence-electron chi connectivity index (χ1n) is 7.62. The van der Waals surface area contributed by atoms with E-state index in [1.54, 1.807) is 7.11 Å². The maximum Gasteiger partial charge on any atom is 0.240 e. The third kappa shape index (κ3) is 3.75. The molecule has 124 valence electrons. The number of hydrogen-bond acceptors (Lipinski definition) is 5. The Balaban J connectivity index is 1.67. The Bertz CT molecular complexity index is 802. The quantitative estimate of drug-likeness (QED) is 0.725. The molecule has 0 saturated carbocycles. The molecule has 0 aliphatic heterocycles. The molecule has 5 nitrogen and oxygen atoms in total. The topological polar surface area (TPSA) is 60.2 Å². The van der Waals surface area contributed by atoms with Crippen LogP contribution in [0.15, 0.2) is 53.1 Å². The standard InChI is InChI=1S/C18H18ClN3O2/c1-12(13-7-9-14(19)10-8-13)20-11-17-21-18(22-24-17)15-5-3-4-6-16(15)23-2/h3-10,12,20H,11H2,1-2H3. The minimum Gasteiger partial charge on any atom is -0.496 e. The molecule has 0 saturated heterocycles. The summed E-state index contributed by atoms with van der Waals surface area (Å²) >= 11 is 5.91. The van der Waals surface area contributed by atoms with E-state index in [9.17, 15) is 0 Å². The van der Waals surface area contributed by atoms with Gasteiger partial charge in [-0.15, -0.1) is 0 Å². The molecule has 0 aliphatic rings. The zero-order valence-corrected chi connectivity index (χ0v) is 14.2. The molecule has 3 aromatic rings. The molecule has 2 aromatic carbocycles. The monoisotopic (exact) mass is 343 g/mol. The Morgan fingerprint density at radius 1 is 1.17 bits per heavy atom. The second-order valence-corrected chi connectivity index (χ2v) is 5.80. The maximum atomic E-state index is 5.91. The number of rotatable bonds is 6. The highest BCUT2D eigenvalue weighted by atomic mass is 35.5. The van der Waals surface area contributed by atoms with Crippen LogP contribution in [0.5, 0.6) is 5.75 Å². The summed E-state index contributed by atoms with van der Waals surface area (Å²) in [6, 6.07) is 15.5. The first kappa shape index (κ1) is 16.5. The molecule has 1 N–H and O–H groups in total. The molecule has 24 heavy (non-hydrogen) atoms. The number of hydrogen-bond donors (Lipinski definition) is 1. The van der Waals surface area contributed by atoms with Gasteiger partial charge in [0.1, 0.15) is 5.75 Å². The number of ether oxygens (including phenoxy) is 1. The Hall–Kier alpha value is -2.37. The zero-order valence-electron chi connectivity index (χ0n) is 13.5. The molecule has 0 bridgehead atoms. The Labute approximate surface area is 145 Å². The summed E-state index contributed by atoms with van der Waals surface area (Å²) in [5.41, 5.74) is 1.95. The molecular formula is C18H18ClN3O2. The van der Waals surface area contributed by atoms with Gasteiger partial charge in [0, 0.05) is 11.1 Å². The Morgan fingerprint density at radius 3 is 2.67 bits per heavy atom. The lowest BCUT2D eigenvalue weighted by molar-refractivity contribution is 0.360. The second-order valence-electron chi connectivity index (χ2n) is 5.37. The highest BCUT2D eigenvalue weighted by Crippen LogP contribution is 2.27. The van der Waals surface area contributed by atoms with Crippen molar-refractivity contribution >= 4 is 11.6 Å². The number of benzene rings is 2. The minimum atomic E-state index is 0.142. The van der Waals surface area contributed by atoms with Crippen LogP contribution in [0.25, 0.3) is 11.4 Å². The number of aromatic nitrogens is 2. The van der Waals surface area contributed by atoms with Gasteiger partial charge in [-0.3, -0.25) is 0 Å². The summed E-state index contributed by atoms with van der Waals surface area (Å²) in [4.78, 5) is 4.43. The molecular weight excluding hydrogens is 326 g/mol. The van der Waals surface area contributed by atoms with Crippen molar-refractivity contribution < 1.29 is 9.26 Å². The number of methoxy groups -OCH3 is 1. The first-order chi connectivity index (χ1) is 11.7. The summed E-state index contributed by atoms with van der Waals surface area (Å²) < 4.78 is 10.7. The van der Waals surface area contributed by atoms with Gasteiger partial charge in [-0.05, 0) is 36.8 Å². The molecule has 0 aliphatic carbocycles. The predicted octanol–water partition coefficient (Wildman–Crippen LogP) is 4.25.